The molecule has 98 valence electrons. The van der Waals surface area contributed by atoms with Gasteiger partial charge < -0.3 is 5.32 Å². The lowest BCUT2D eigenvalue weighted by Crippen LogP contribution is -2.11. The van der Waals surface area contributed by atoms with Gasteiger partial charge in [0.15, 0.2) is 5.82 Å². The normalized spacial score (nSPS) is 12.0. The number of nitrogens with zero attached hydrogens (tertiary/aromatic N) is 3. The third-order valence-corrected chi connectivity index (χ3v) is 2.44. The summed E-state index contributed by atoms with van der Waals surface area (Å²) in [5.41, 5.74) is 1.60. The summed E-state index contributed by atoms with van der Waals surface area (Å²) in [5.74, 6) is 0.556. The number of rotatable bonds is 4. The van der Waals surface area contributed by atoms with Gasteiger partial charge in [-0.15, -0.1) is 0 Å². The highest BCUT2D eigenvalue weighted by Gasteiger charge is 2.25. The van der Waals surface area contributed by atoms with Gasteiger partial charge in [-0.05, 0) is 19.4 Å². The SMILES string of the molecule is Cc1cc2c(NCCCC(F)(F)F)nccn2n1. The number of hydrogen-bond donors (Lipinski definition) is 1. The molecule has 0 aliphatic rings. The fourth-order valence-corrected chi connectivity index (χ4v) is 1.68. The second kappa shape index (κ2) is 4.83. The molecule has 0 bridgehead atoms. The van der Waals surface area contributed by atoms with E-state index in [-0.39, 0.29) is 13.0 Å². The zero-order valence-corrected chi connectivity index (χ0v) is 9.83. The van der Waals surface area contributed by atoms with Gasteiger partial charge in [-0.1, -0.05) is 0 Å². The average Bonchev–Trinajstić information content (AvgIpc) is 2.64. The second-order valence-corrected chi connectivity index (χ2v) is 4.04. The van der Waals surface area contributed by atoms with Crippen molar-refractivity contribution in [2.45, 2.75) is 25.9 Å². The highest BCUT2D eigenvalue weighted by molar-refractivity contribution is 5.67. The van der Waals surface area contributed by atoms with Gasteiger partial charge in [0.1, 0.15) is 5.52 Å². The Kier molecular flexibility index (Phi) is 3.40. The summed E-state index contributed by atoms with van der Waals surface area (Å²) >= 11 is 0. The smallest absolute Gasteiger partial charge is 0.368 e. The molecule has 1 N–H and O–H groups in total. The molecule has 0 aliphatic heterocycles. The van der Waals surface area contributed by atoms with Crippen LogP contribution >= 0.6 is 0 Å². The molecule has 2 aromatic heterocycles. The fourth-order valence-electron chi connectivity index (χ4n) is 1.68. The van der Waals surface area contributed by atoms with Crippen LogP contribution in [0.15, 0.2) is 18.5 Å². The van der Waals surface area contributed by atoms with Crippen LogP contribution in [0, 0.1) is 6.92 Å². The van der Waals surface area contributed by atoms with E-state index in [9.17, 15) is 13.2 Å². The number of hydrogen-bond acceptors (Lipinski definition) is 3. The molecule has 0 radical (unpaired) electrons. The van der Waals surface area contributed by atoms with Crippen molar-refractivity contribution in [3.05, 3.63) is 24.2 Å². The number of aryl methyl sites for hydroxylation is 1. The first kappa shape index (κ1) is 12.7. The largest absolute Gasteiger partial charge is 0.389 e. The van der Waals surface area contributed by atoms with Gasteiger partial charge in [-0.3, -0.25) is 0 Å². The van der Waals surface area contributed by atoms with Crippen LogP contribution in [0.2, 0.25) is 0 Å². The van der Waals surface area contributed by atoms with Gasteiger partial charge in [0.2, 0.25) is 0 Å². The summed E-state index contributed by atoms with van der Waals surface area (Å²) in [6.07, 6.45) is -1.61. The predicted octanol–water partition coefficient (Wildman–Crippen LogP) is 2.79. The van der Waals surface area contributed by atoms with E-state index >= 15 is 0 Å². The number of aromatic nitrogens is 3. The minimum absolute atomic E-state index is 0.0271. The zero-order valence-electron chi connectivity index (χ0n) is 9.83. The molecule has 0 aromatic carbocycles. The number of alkyl halides is 3. The number of nitrogens with one attached hydrogen (secondary N) is 1. The minimum Gasteiger partial charge on any atom is -0.368 e. The lowest BCUT2D eigenvalue weighted by atomic mass is 10.3. The summed E-state index contributed by atoms with van der Waals surface area (Å²) in [5, 5.41) is 7.10. The highest BCUT2D eigenvalue weighted by atomic mass is 19.4. The Morgan fingerprint density at radius 3 is 2.89 bits per heavy atom. The van der Waals surface area contributed by atoms with Gasteiger partial charge >= 0.3 is 6.18 Å². The van der Waals surface area contributed by atoms with Gasteiger partial charge in [-0.25, -0.2) is 9.50 Å². The lowest BCUT2D eigenvalue weighted by Gasteiger charge is -2.08. The Morgan fingerprint density at radius 1 is 1.39 bits per heavy atom. The molecule has 0 spiro atoms. The molecule has 0 saturated heterocycles. The molecule has 0 aliphatic carbocycles. The number of halogens is 3. The van der Waals surface area contributed by atoms with Crippen LogP contribution in [0.3, 0.4) is 0 Å². The molecule has 0 unspecified atom stereocenters. The first-order valence-electron chi connectivity index (χ1n) is 5.57. The zero-order chi connectivity index (χ0) is 13.2. The molecule has 0 fully saturated rings. The first-order chi connectivity index (χ1) is 8.46. The summed E-state index contributed by atoms with van der Waals surface area (Å²) in [7, 11) is 0. The van der Waals surface area contributed by atoms with E-state index in [1.807, 2.05) is 13.0 Å². The Hall–Kier alpha value is -1.79. The molecular weight excluding hydrogens is 245 g/mol. The van der Waals surface area contributed by atoms with Gasteiger partial charge in [0.25, 0.3) is 0 Å². The van der Waals surface area contributed by atoms with Crippen molar-refractivity contribution in [1.82, 2.24) is 14.6 Å². The van der Waals surface area contributed by atoms with E-state index in [0.717, 1.165) is 11.2 Å². The van der Waals surface area contributed by atoms with Crippen molar-refractivity contribution in [3.63, 3.8) is 0 Å². The van der Waals surface area contributed by atoms with Crippen LogP contribution in [0.4, 0.5) is 19.0 Å². The third-order valence-electron chi connectivity index (χ3n) is 2.44. The van der Waals surface area contributed by atoms with E-state index < -0.39 is 12.6 Å². The van der Waals surface area contributed by atoms with Crippen LogP contribution < -0.4 is 5.32 Å². The molecule has 4 nitrogen and oxygen atoms in total. The molecule has 0 atom stereocenters. The fraction of sp³-hybridized carbons (Fsp3) is 0.455. The number of anilines is 1. The Morgan fingerprint density at radius 2 is 2.17 bits per heavy atom. The van der Waals surface area contributed by atoms with Crippen LogP contribution in [-0.4, -0.2) is 27.3 Å². The molecule has 7 heteroatoms. The summed E-state index contributed by atoms with van der Waals surface area (Å²) in [4.78, 5) is 4.10. The molecule has 2 rings (SSSR count). The van der Waals surface area contributed by atoms with E-state index in [4.69, 9.17) is 0 Å². The maximum atomic E-state index is 12.0. The first-order valence-corrected chi connectivity index (χ1v) is 5.57. The quantitative estimate of drug-likeness (QED) is 0.857. The summed E-state index contributed by atoms with van der Waals surface area (Å²) < 4.78 is 37.6. The topological polar surface area (TPSA) is 42.2 Å². The second-order valence-electron chi connectivity index (χ2n) is 4.04. The molecule has 2 aromatic rings. The monoisotopic (exact) mass is 258 g/mol. The Balaban J connectivity index is 1.99. The summed E-state index contributed by atoms with van der Waals surface area (Å²) in [6.45, 7) is 2.08. The van der Waals surface area contributed by atoms with Crippen molar-refractivity contribution >= 4 is 11.3 Å². The van der Waals surface area contributed by atoms with Crippen LogP contribution in [-0.2, 0) is 0 Å². The van der Waals surface area contributed by atoms with E-state index in [1.54, 1.807) is 16.9 Å². The van der Waals surface area contributed by atoms with Gasteiger partial charge in [0, 0.05) is 25.4 Å². The maximum absolute atomic E-state index is 12.0. The van der Waals surface area contributed by atoms with E-state index in [1.165, 1.54) is 0 Å². The maximum Gasteiger partial charge on any atom is 0.389 e. The van der Waals surface area contributed by atoms with Crippen LogP contribution in [0.5, 0.6) is 0 Å². The lowest BCUT2D eigenvalue weighted by molar-refractivity contribution is -0.134. The van der Waals surface area contributed by atoms with Crippen molar-refractivity contribution < 1.29 is 13.2 Å². The third kappa shape index (κ3) is 3.12. The molecule has 0 amide bonds. The van der Waals surface area contributed by atoms with Crippen molar-refractivity contribution in [1.29, 1.82) is 0 Å². The van der Waals surface area contributed by atoms with E-state index in [0.29, 0.717) is 5.82 Å². The van der Waals surface area contributed by atoms with Crippen LogP contribution in [0.25, 0.3) is 5.52 Å². The van der Waals surface area contributed by atoms with Crippen molar-refractivity contribution in [2.75, 3.05) is 11.9 Å². The molecule has 2 heterocycles. The minimum atomic E-state index is -4.10. The average molecular weight is 258 g/mol. The molecule has 18 heavy (non-hydrogen) atoms. The number of fused-ring (bicyclic) bond motifs is 1. The summed E-state index contributed by atoms with van der Waals surface area (Å²) in [6, 6.07) is 1.83. The standard InChI is InChI=1S/C11H13F3N4/c1-8-7-9-10(16-5-6-18(9)17-8)15-4-2-3-11(12,13)14/h5-7H,2-4H2,1H3,(H,15,16). The van der Waals surface area contributed by atoms with Gasteiger partial charge in [-0.2, -0.15) is 18.3 Å². The van der Waals surface area contributed by atoms with Crippen molar-refractivity contribution in [3.8, 4) is 0 Å². The Bertz CT molecular complexity index is 533. The predicted molar refractivity (Wildman–Crippen MR) is 61.5 cm³/mol. The van der Waals surface area contributed by atoms with E-state index in [2.05, 4.69) is 15.4 Å². The molecular formula is C11H13F3N4. The highest BCUT2D eigenvalue weighted by Crippen LogP contribution is 2.21. The van der Waals surface area contributed by atoms with Crippen LogP contribution in [0.1, 0.15) is 18.5 Å². The Labute approximate surface area is 102 Å². The van der Waals surface area contributed by atoms with Crippen molar-refractivity contribution in [2.24, 2.45) is 0 Å². The molecule has 0 saturated carbocycles. The van der Waals surface area contributed by atoms with Gasteiger partial charge in [0.05, 0.1) is 5.69 Å².